The zero-order valence-corrected chi connectivity index (χ0v) is 10.3. The SMILES string of the molecule is CC(C)NC(=O)c1ccc(NC2CNC2)cc1. The Labute approximate surface area is 102 Å². The Morgan fingerprint density at radius 2 is 1.94 bits per heavy atom. The minimum atomic E-state index is -0.0168. The summed E-state index contributed by atoms with van der Waals surface area (Å²) in [6.45, 7) is 5.93. The quantitative estimate of drug-likeness (QED) is 0.732. The van der Waals surface area contributed by atoms with Crippen LogP contribution in [-0.2, 0) is 0 Å². The molecule has 1 aromatic carbocycles. The molecule has 92 valence electrons. The van der Waals surface area contributed by atoms with Crippen LogP contribution in [0.5, 0.6) is 0 Å². The highest BCUT2D eigenvalue weighted by molar-refractivity contribution is 5.94. The Bertz CT molecular complexity index is 382. The minimum absolute atomic E-state index is 0.0168. The molecule has 4 nitrogen and oxygen atoms in total. The maximum atomic E-state index is 11.7. The van der Waals surface area contributed by atoms with E-state index in [0.29, 0.717) is 11.6 Å². The first-order chi connectivity index (χ1) is 8.15. The molecule has 0 spiro atoms. The average Bonchev–Trinajstić information content (AvgIpc) is 2.23. The third-order valence-electron chi connectivity index (χ3n) is 2.72. The van der Waals surface area contributed by atoms with Crippen molar-refractivity contribution in [3.8, 4) is 0 Å². The lowest BCUT2D eigenvalue weighted by atomic mass is 10.1. The normalized spacial score (nSPS) is 15.5. The average molecular weight is 233 g/mol. The van der Waals surface area contributed by atoms with Gasteiger partial charge < -0.3 is 16.0 Å². The van der Waals surface area contributed by atoms with Gasteiger partial charge in [-0.3, -0.25) is 4.79 Å². The second-order valence-corrected chi connectivity index (χ2v) is 4.71. The van der Waals surface area contributed by atoms with Gasteiger partial charge in [-0.15, -0.1) is 0 Å². The summed E-state index contributed by atoms with van der Waals surface area (Å²) in [5, 5.41) is 9.47. The lowest BCUT2D eigenvalue weighted by Crippen LogP contribution is -2.51. The molecule has 1 fully saturated rings. The van der Waals surface area contributed by atoms with Gasteiger partial charge in [0.15, 0.2) is 0 Å². The molecular formula is C13H19N3O. The Kier molecular flexibility index (Phi) is 3.64. The van der Waals surface area contributed by atoms with E-state index >= 15 is 0 Å². The largest absolute Gasteiger partial charge is 0.380 e. The molecule has 2 rings (SSSR count). The Balaban J connectivity index is 1.94. The molecule has 0 aliphatic carbocycles. The van der Waals surface area contributed by atoms with Crippen molar-refractivity contribution in [2.75, 3.05) is 18.4 Å². The highest BCUT2D eigenvalue weighted by atomic mass is 16.1. The molecule has 0 unspecified atom stereocenters. The summed E-state index contributed by atoms with van der Waals surface area (Å²) < 4.78 is 0. The second-order valence-electron chi connectivity index (χ2n) is 4.71. The van der Waals surface area contributed by atoms with Crippen molar-refractivity contribution in [2.24, 2.45) is 0 Å². The number of carbonyl (C=O) groups excluding carboxylic acids is 1. The highest BCUT2D eigenvalue weighted by Gasteiger charge is 2.15. The van der Waals surface area contributed by atoms with Gasteiger partial charge in [-0.05, 0) is 38.1 Å². The molecule has 1 aliphatic rings. The van der Waals surface area contributed by atoms with E-state index in [9.17, 15) is 4.79 Å². The molecule has 17 heavy (non-hydrogen) atoms. The molecule has 1 aromatic rings. The molecule has 0 aromatic heterocycles. The fraction of sp³-hybridized carbons (Fsp3) is 0.462. The van der Waals surface area contributed by atoms with Crippen molar-refractivity contribution < 1.29 is 4.79 Å². The van der Waals surface area contributed by atoms with Gasteiger partial charge in [-0.2, -0.15) is 0 Å². The smallest absolute Gasteiger partial charge is 0.251 e. The number of nitrogens with one attached hydrogen (secondary N) is 3. The van der Waals surface area contributed by atoms with Gasteiger partial charge >= 0.3 is 0 Å². The van der Waals surface area contributed by atoms with Gasteiger partial charge in [0.25, 0.3) is 5.91 Å². The summed E-state index contributed by atoms with van der Waals surface area (Å²) in [6.07, 6.45) is 0. The standard InChI is InChI=1S/C13H19N3O/c1-9(2)15-13(17)10-3-5-11(6-4-10)16-12-7-14-8-12/h3-6,9,12,14,16H,7-8H2,1-2H3,(H,15,17). The van der Waals surface area contributed by atoms with Gasteiger partial charge in [0, 0.05) is 30.4 Å². The van der Waals surface area contributed by atoms with Crippen LogP contribution in [0, 0.1) is 0 Å². The van der Waals surface area contributed by atoms with Crippen molar-refractivity contribution >= 4 is 11.6 Å². The third-order valence-corrected chi connectivity index (χ3v) is 2.72. The zero-order chi connectivity index (χ0) is 12.3. The molecule has 1 saturated heterocycles. The second kappa shape index (κ2) is 5.19. The number of amides is 1. The van der Waals surface area contributed by atoms with E-state index in [-0.39, 0.29) is 11.9 Å². The Morgan fingerprint density at radius 1 is 1.29 bits per heavy atom. The van der Waals surface area contributed by atoms with Crippen molar-refractivity contribution in [3.05, 3.63) is 29.8 Å². The van der Waals surface area contributed by atoms with Gasteiger partial charge in [0.1, 0.15) is 0 Å². The van der Waals surface area contributed by atoms with E-state index < -0.39 is 0 Å². The maximum Gasteiger partial charge on any atom is 0.251 e. The molecule has 0 radical (unpaired) electrons. The van der Waals surface area contributed by atoms with E-state index in [1.54, 1.807) is 0 Å². The third kappa shape index (κ3) is 3.20. The van der Waals surface area contributed by atoms with Crippen LogP contribution in [0.25, 0.3) is 0 Å². The van der Waals surface area contributed by atoms with Crippen molar-refractivity contribution in [1.29, 1.82) is 0 Å². The first-order valence-corrected chi connectivity index (χ1v) is 6.03. The highest BCUT2D eigenvalue weighted by Crippen LogP contribution is 2.12. The summed E-state index contributed by atoms with van der Waals surface area (Å²) >= 11 is 0. The number of benzene rings is 1. The monoisotopic (exact) mass is 233 g/mol. The van der Waals surface area contributed by atoms with Crippen LogP contribution in [0.2, 0.25) is 0 Å². The van der Waals surface area contributed by atoms with Crippen LogP contribution in [0.15, 0.2) is 24.3 Å². The number of rotatable bonds is 4. The molecule has 1 aliphatic heterocycles. The van der Waals surface area contributed by atoms with Gasteiger partial charge in [-0.25, -0.2) is 0 Å². The van der Waals surface area contributed by atoms with Crippen molar-refractivity contribution in [3.63, 3.8) is 0 Å². The summed E-state index contributed by atoms with van der Waals surface area (Å²) in [5.74, 6) is -0.0168. The van der Waals surface area contributed by atoms with E-state index in [2.05, 4.69) is 16.0 Å². The molecule has 0 saturated carbocycles. The maximum absolute atomic E-state index is 11.7. The lowest BCUT2D eigenvalue weighted by Gasteiger charge is -2.29. The Hall–Kier alpha value is -1.55. The van der Waals surface area contributed by atoms with Crippen LogP contribution in [0.3, 0.4) is 0 Å². The van der Waals surface area contributed by atoms with E-state index in [0.717, 1.165) is 18.8 Å². The van der Waals surface area contributed by atoms with E-state index in [4.69, 9.17) is 0 Å². The van der Waals surface area contributed by atoms with E-state index in [1.807, 2.05) is 38.1 Å². The Morgan fingerprint density at radius 3 is 2.41 bits per heavy atom. The van der Waals surface area contributed by atoms with Gasteiger partial charge in [0.2, 0.25) is 0 Å². The molecule has 1 heterocycles. The van der Waals surface area contributed by atoms with Crippen molar-refractivity contribution in [1.82, 2.24) is 10.6 Å². The van der Waals surface area contributed by atoms with Crippen LogP contribution in [-0.4, -0.2) is 31.1 Å². The topological polar surface area (TPSA) is 53.2 Å². The summed E-state index contributed by atoms with van der Waals surface area (Å²) in [4.78, 5) is 11.7. The first kappa shape index (κ1) is 11.9. The number of hydrogen-bond acceptors (Lipinski definition) is 3. The summed E-state index contributed by atoms with van der Waals surface area (Å²) in [6, 6.07) is 8.30. The van der Waals surface area contributed by atoms with E-state index in [1.165, 1.54) is 0 Å². The number of anilines is 1. The van der Waals surface area contributed by atoms with Crippen molar-refractivity contribution in [2.45, 2.75) is 25.9 Å². The minimum Gasteiger partial charge on any atom is -0.380 e. The predicted molar refractivity (Wildman–Crippen MR) is 69.3 cm³/mol. The molecular weight excluding hydrogens is 214 g/mol. The fourth-order valence-corrected chi connectivity index (χ4v) is 1.69. The first-order valence-electron chi connectivity index (χ1n) is 6.03. The van der Waals surface area contributed by atoms with Gasteiger partial charge in [0.05, 0.1) is 6.04 Å². The fourth-order valence-electron chi connectivity index (χ4n) is 1.69. The number of carbonyl (C=O) groups is 1. The predicted octanol–water partition coefficient (Wildman–Crippen LogP) is 1.21. The zero-order valence-electron chi connectivity index (χ0n) is 10.3. The van der Waals surface area contributed by atoms with Gasteiger partial charge in [-0.1, -0.05) is 0 Å². The lowest BCUT2D eigenvalue weighted by molar-refractivity contribution is 0.0943. The molecule has 1 amide bonds. The van der Waals surface area contributed by atoms with Crippen LogP contribution < -0.4 is 16.0 Å². The van der Waals surface area contributed by atoms with Crippen LogP contribution in [0.1, 0.15) is 24.2 Å². The summed E-state index contributed by atoms with van der Waals surface area (Å²) in [7, 11) is 0. The van der Waals surface area contributed by atoms with Crippen LogP contribution >= 0.6 is 0 Å². The molecule has 0 bridgehead atoms. The van der Waals surface area contributed by atoms with Crippen LogP contribution in [0.4, 0.5) is 5.69 Å². The number of hydrogen-bond donors (Lipinski definition) is 3. The molecule has 4 heteroatoms. The molecule has 0 atom stereocenters. The summed E-state index contributed by atoms with van der Waals surface area (Å²) in [5.41, 5.74) is 1.77. The molecule has 3 N–H and O–H groups in total.